The van der Waals surface area contributed by atoms with Crippen LogP contribution in [0.4, 0.5) is 0 Å². The lowest BCUT2D eigenvalue weighted by Crippen LogP contribution is -2.25. The Morgan fingerprint density at radius 2 is 2.17 bits per heavy atom. The molecule has 1 aliphatic heterocycles. The van der Waals surface area contributed by atoms with Crippen LogP contribution in [-0.4, -0.2) is 20.0 Å². The van der Waals surface area contributed by atoms with Crippen LogP contribution in [0.2, 0.25) is 19.6 Å². The van der Waals surface area contributed by atoms with Crippen LogP contribution in [0.3, 0.4) is 0 Å². The first-order valence-corrected chi connectivity index (χ1v) is 7.79. The number of carbonyl (C=O) groups is 1. The van der Waals surface area contributed by atoms with Gasteiger partial charge in [0.15, 0.2) is 0 Å². The largest absolute Gasteiger partial charge is 0.342 e. The summed E-state index contributed by atoms with van der Waals surface area (Å²) in [7, 11) is -1.26. The molecule has 2 nitrogen and oxygen atoms in total. The summed E-state index contributed by atoms with van der Waals surface area (Å²) < 4.78 is 0. The highest BCUT2D eigenvalue weighted by Crippen LogP contribution is 2.05. The zero-order valence-electron chi connectivity index (χ0n) is 7.90. The monoisotopic (exact) mass is 181 g/mol. The number of nitrogens with one attached hydrogen (secondary N) is 1. The first kappa shape index (κ1) is 9.34. The van der Waals surface area contributed by atoms with Crippen molar-refractivity contribution in [1.82, 2.24) is 5.32 Å². The lowest BCUT2D eigenvalue weighted by atomic mass is 10.2. The molecule has 1 rings (SSSR count). The van der Waals surface area contributed by atoms with E-state index < -0.39 is 8.07 Å². The number of hydrogen-bond acceptors (Lipinski definition) is 1. The number of rotatable bonds is 0. The number of hydrogen-bond donors (Lipinski definition) is 1. The van der Waals surface area contributed by atoms with E-state index >= 15 is 0 Å². The summed E-state index contributed by atoms with van der Waals surface area (Å²) in [6.07, 6.45) is 1.53. The van der Waals surface area contributed by atoms with E-state index in [0.29, 0.717) is 6.42 Å². The summed E-state index contributed by atoms with van der Waals surface area (Å²) >= 11 is 0. The van der Waals surface area contributed by atoms with Crippen LogP contribution in [0.1, 0.15) is 12.8 Å². The van der Waals surface area contributed by atoms with E-state index in [1.807, 2.05) is 0 Å². The van der Waals surface area contributed by atoms with Crippen LogP contribution < -0.4 is 5.32 Å². The maximum absolute atomic E-state index is 10.8. The van der Waals surface area contributed by atoms with Crippen molar-refractivity contribution >= 4 is 14.0 Å². The summed E-state index contributed by atoms with van der Waals surface area (Å²) in [5.41, 5.74) is 3.26. The third-order valence-electron chi connectivity index (χ3n) is 1.62. The van der Waals surface area contributed by atoms with Crippen molar-refractivity contribution in [2.24, 2.45) is 0 Å². The average molecular weight is 181 g/mol. The molecule has 1 heterocycles. The summed E-state index contributed by atoms with van der Waals surface area (Å²) in [5, 5.41) is 2.84. The third kappa shape index (κ3) is 3.10. The maximum Gasteiger partial charge on any atom is 0.221 e. The molecule has 12 heavy (non-hydrogen) atoms. The fourth-order valence-corrected chi connectivity index (χ4v) is 1.63. The van der Waals surface area contributed by atoms with E-state index in [-0.39, 0.29) is 11.9 Å². The molecule has 0 aromatic heterocycles. The van der Waals surface area contributed by atoms with E-state index in [1.165, 1.54) is 0 Å². The highest BCUT2D eigenvalue weighted by molar-refractivity contribution is 6.83. The summed E-state index contributed by atoms with van der Waals surface area (Å²) in [6, 6.07) is 0.129. The minimum atomic E-state index is -1.26. The van der Waals surface area contributed by atoms with Crippen molar-refractivity contribution in [2.75, 3.05) is 0 Å². The molecule has 3 heteroatoms. The zero-order chi connectivity index (χ0) is 9.19. The van der Waals surface area contributed by atoms with E-state index in [0.717, 1.165) is 6.42 Å². The second-order valence-corrected chi connectivity index (χ2v) is 8.93. The van der Waals surface area contributed by atoms with E-state index in [4.69, 9.17) is 0 Å². The minimum absolute atomic E-state index is 0.129. The average Bonchev–Trinajstić information content (AvgIpc) is 2.30. The van der Waals surface area contributed by atoms with Gasteiger partial charge in [-0.25, -0.2) is 0 Å². The number of carbonyl (C=O) groups excluding carboxylic acids is 1. The summed E-state index contributed by atoms with van der Waals surface area (Å²) in [6.45, 7) is 6.62. The Balaban J connectivity index is 2.50. The molecule has 66 valence electrons. The van der Waals surface area contributed by atoms with Gasteiger partial charge >= 0.3 is 0 Å². The molecule has 1 aliphatic rings. The molecule has 0 spiro atoms. The molecule has 0 aromatic carbocycles. The van der Waals surface area contributed by atoms with Crippen LogP contribution >= 0.6 is 0 Å². The van der Waals surface area contributed by atoms with Crippen LogP contribution in [0, 0.1) is 11.5 Å². The topological polar surface area (TPSA) is 29.1 Å². The van der Waals surface area contributed by atoms with Gasteiger partial charge in [-0.15, -0.1) is 5.54 Å². The molecule has 1 N–H and O–H groups in total. The van der Waals surface area contributed by atoms with Gasteiger partial charge in [-0.05, 0) is 6.42 Å². The highest BCUT2D eigenvalue weighted by atomic mass is 28.3. The van der Waals surface area contributed by atoms with Gasteiger partial charge in [0.05, 0.1) is 6.04 Å². The predicted molar refractivity (Wildman–Crippen MR) is 52.3 cm³/mol. The molecular weight excluding hydrogens is 166 g/mol. The van der Waals surface area contributed by atoms with Crippen molar-refractivity contribution in [3.63, 3.8) is 0 Å². The molecule has 0 aromatic rings. The normalized spacial score (nSPS) is 22.9. The van der Waals surface area contributed by atoms with Crippen LogP contribution in [0.15, 0.2) is 0 Å². The second kappa shape index (κ2) is 3.32. The second-order valence-electron chi connectivity index (χ2n) is 4.18. The molecule has 0 saturated carbocycles. The molecule has 1 amide bonds. The van der Waals surface area contributed by atoms with Gasteiger partial charge in [0, 0.05) is 6.42 Å². The lowest BCUT2D eigenvalue weighted by Gasteiger charge is -2.05. The highest BCUT2D eigenvalue weighted by Gasteiger charge is 2.18. The Morgan fingerprint density at radius 1 is 1.50 bits per heavy atom. The minimum Gasteiger partial charge on any atom is -0.342 e. The van der Waals surface area contributed by atoms with Crippen molar-refractivity contribution < 1.29 is 4.79 Å². The lowest BCUT2D eigenvalue weighted by molar-refractivity contribution is -0.119. The van der Waals surface area contributed by atoms with Crippen LogP contribution in [-0.2, 0) is 4.79 Å². The Hall–Kier alpha value is -0.753. The van der Waals surface area contributed by atoms with E-state index in [9.17, 15) is 4.79 Å². The quantitative estimate of drug-likeness (QED) is 0.441. The van der Waals surface area contributed by atoms with Gasteiger partial charge in [-0.1, -0.05) is 25.6 Å². The van der Waals surface area contributed by atoms with Crippen molar-refractivity contribution in [3.8, 4) is 11.5 Å². The van der Waals surface area contributed by atoms with Crippen molar-refractivity contribution in [3.05, 3.63) is 0 Å². The van der Waals surface area contributed by atoms with Crippen LogP contribution in [0.25, 0.3) is 0 Å². The van der Waals surface area contributed by atoms with Crippen molar-refractivity contribution in [2.45, 2.75) is 38.5 Å². The van der Waals surface area contributed by atoms with Gasteiger partial charge < -0.3 is 5.32 Å². The molecule has 1 atom stereocenters. The van der Waals surface area contributed by atoms with Gasteiger partial charge in [-0.2, -0.15) is 0 Å². The Bertz CT molecular complexity index is 243. The van der Waals surface area contributed by atoms with Gasteiger partial charge in [0.2, 0.25) is 5.91 Å². The van der Waals surface area contributed by atoms with Gasteiger partial charge in [0.1, 0.15) is 8.07 Å². The molecule has 0 bridgehead atoms. The smallest absolute Gasteiger partial charge is 0.221 e. The molecule has 0 aliphatic carbocycles. The molecule has 1 fully saturated rings. The number of amides is 1. The first-order chi connectivity index (χ1) is 5.47. The third-order valence-corrected chi connectivity index (χ3v) is 2.51. The van der Waals surface area contributed by atoms with E-state index in [1.54, 1.807) is 0 Å². The standard InChI is InChI=1S/C9H15NOSi/c1-12(2,3)7-6-8-4-5-9(11)10-8/h8H,4-5H2,1-3H3,(H,10,11). The Labute approximate surface area is 74.7 Å². The fraction of sp³-hybridized carbons (Fsp3) is 0.667. The fourth-order valence-electron chi connectivity index (χ4n) is 1.03. The van der Waals surface area contributed by atoms with Crippen molar-refractivity contribution in [1.29, 1.82) is 0 Å². The SMILES string of the molecule is C[Si](C)(C)C#CC1CCC(=O)N1. The molecule has 1 unspecified atom stereocenters. The predicted octanol–water partition coefficient (Wildman–Crippen LogP) is 1.15. The summed E-state index contributed by atoms with van der Waals surface area (Å²) in [5.74, 6) is 3.28. The summed E-state index contributed by atoms with van der Waals surface area (Å²) in [4.78, 5) is 10.8. The molecule has 1 saturated heterocycles. The first-order valence-electron chi connectivity index (χ1n) is 4.29. The van der Waals surface area contributed by atoms with Gasteiger partial charge in [-0.3, -0.25) is 4.79 Å². The van der Waals surface area contributed by atoms with Gasteiger partial charge in [0.25, 0.3) is 0 Å². The Morgan fingerprint density at radius 3 is 2.58 bits per heavy atom. The maximum atomic E-state index is 10.8. The molecule has 0 radical (unpaired) electrons. The Kier molecular flexibility index (Phi) is 2.58. The molecular formula is C9H15NOSi. The van der Waals surface area contributed by atoms with E-state index in [2.05, 4.69) is 36.4 Å². The van der Waals surface area contributed by atoms with Crippen LogP contribution in [0.5, 0.6) is 0 Å². The zero-order valence-corrected chi connectivity index (χ0v) is 8.90.